The lowest BCUT2D eigenvalue weighted by atomic mass is 9.85. The standard InChI is InChI=1S/C21H30N2O6/c1-11-12(2)19-14(13(3)18(11)26)7-9-21(4,29-19)10-8-17(25)23-15(20(27)28)5-6-16(22)24/h15,26H,5-10H2,1-4H3,(H2,22,24)(H,23,25)(H,27,28)/t15-,21-/m0/s1. The van der Waals surface area contributed by atoms with Crippen molar-refractivity contribution in [2.24, 2.45) is 5.73 Å². The van der Waals surface area contributed by atoms with Gasteiger partial charge in [-0.25, -0.2) is 4.79 Å². The number of primary amides is 1. The van der Waals surface area contributed by atoms with Crippen molar-refractivity contribution in [3.05, 3.63) is 22.3 Å². The van der Waals surface area contributed by atoms with Gasteiger partial charge in [-0.05, 0) is 70.1 Å². The van der Waals surface area contributed by atoms with Gasteiger partial charge >= 0.3 is 5.97 Å². The van der Waals surface area contributed by atoms with Gasteiger partial charge in [-0.15, -0.1) is 0 Å². The molecule has 0 aliphatic carbocycles. The van der Waals surface area contributed by atoms with Crippen molar-refractivity contribution in [2.45, 2.75) is 77.9 Å². The molecule has 0 spiro atoms. The van der Waals surface area contributed by atoms with Crippen molar-refractivity contribution < 1.29 is 29.3 Å². The molecule has 1 aromatic rings. The van der Waals surface area contributed by atoms with Gasteiger partial charge < -0.3 is 26.0 Å². The minimum atomic E-state index is -1.20. The number of aromatic hydroxyl groups is 1. The smallest absolute Gasteiger partial charge is 0.326 e. The molecule has 0 unspecified atom stereocenters. The highest BCUT2D eigenvalue weighted by Crippen LogP contribution is 2.44. The maximum absolute atomic E-state index is 12.3. The van der Waals surface area contributed by atoms with Gasteiger partial charge in [-0.3, -0.25) is 9.59 Å². The molecule has 1 aliphatic rings. The third-order valence-corrected chi connectivity index (χ3v) is 5.79. The van der Waals surface area contributed by atoms with Crippen LogP contribution in [-0.4, -0.2) is 39.6 Å². The summed E-state index contributed by atoms with van der Waals surface area (Å²) in [6.07, 6.45) is 1.77. The zero-order chi connectivity index (χ0) is 21.9. The quantitative estimate of drug-likeness (QED) is 0.521. The average Bonchev–Trinajstić information content (AvgIpc) is 2.66. The molecule has 0 bridgehead atoms. The first-order valence-corrected chi connectivity index (χ1v) is 9.76. The number of nitrogens with two attached hydrogens (primary N) is 1. The molecule has 0 saturated carbocycles. The number of ether oxygens (including phenoxy) is 1. The molecule has 2 atom stereocenters. The fourth-order valence-electron chi connectivity index (χ4n) is 3.66. The zero-order valence-electron chi connectivity index (χ0n) is 17.4. The largest absolute Gasteiger partial charge is 0.507 e. The number of carbonyl (C=O) groups excluding carboxylic acids is 2. The molecule has 0 fully saturated rings. The first kappa shape index (κ1) is 22.5. The Kier molecular flexibility index (Phi) is 6.77. The van der Waals surface area contributed by atoms with Crippen molar-refractivity contribution in [3.63, 3.8) is 0 Å². The summed E-state index contributed by atoms with van der Waals surface area (Å²) in [5.74, 6) is -1.16. The number of phenols is 1. The summed E-state index contributed by atoms with van der Waals surface area (Å²) < 4.78 is 6.28. The predicted octanol–water partition coefficient (Wildman–Crippen LogP) is 2.02. The van der Waals surface area contributed by atoms with E-state index in [2.05, 4.69) is 5.32 Å². The highest BCUT2D eigenvalue weighted by atomic mass is 16.5. The SMILES string of the molecule is Cc1c(C)c2c(c(C)c1O)CC[C@@](C)(CCC(=O)N[C@@H](CCC(N)=O)C(=O)O)O2. The fourth-order valence-corrected chi connectivity index (χ4v) is 3.66. The summed E-state index contributed by atoms with van der Waals surface area (Å²) in [6.45, 7) is 7.56. The number of carbonyl (C=O) groups is 3. The van der Waals surface area contributed by atoms with E-state index in [4.69, 9.17) is 10.5 Å². The van der Waals surface area contributed by atoms with Crippen molar-refractivity contribution in [1.82, 2.24) is 5.32 Å². The van der Waals surface area contributed by atoms with Gasteiger partial charge in [0.15, 0.2) is 0 Å². The molecule has 160 valence electrons. The molecule has 29 heavy (non-hydrogen) atoms. The lowest BCUT2D eigenvalue weighted by Crippen LogP contribution is -2.43. The molecule has 5 N–H and O–H groups in total. The Morgan fingerprint density at radius 2 is 1.83 bits per heavy atom. The zero-order valence-corrected chi connectivity index (χ0v) is 17.4. The molecular weight excluding hydrogens is 376 g/mol. The number of phenolic OH excluding ortho intramolecular Hbond substituents is 1. The van der Waals surface area contributed by atoms with E-state index in [0.29, 0.717) is 18.6 Å². The summed E-state index contributed by atoms with van der Waals surface area (Å²) in [4.78, 5) is 34.4. The summed E-state index contributed by atoms with van der Waals surface area (Å²) in [5.41, 5.74) is 7.95. The van der Waals surface area contributed by atoms with Crippen LogP contribution in [0.1, 0.15) is 61.3 Å². The number of fused-ring (bicyclic) bond motifs is 1. The Morgan fingerprint density at radius 3 is 2.41 bits per heavy atom. The van der Waals surface area contributed by atoms with E-state index >= 15 is 0 Å². The molecule has 1 aromatic carbocycles. The molecule has 0 radical (unpaired) electrons. The van der Waals surface area contributed by atoms with Gasteiger partial charge in [-0.2, -0.15) is 0 Å². The Balaban J connectivity index is 2.03. The van der Waals surface area contributed by atoms with E-state index in [1.807, 2.05) is 27.7 Å². The maximum atomic E-state index is 12.3. The van der Waals surface area contributed by atoms with Gasteiger partial charge in [0.25, 0.3) is 0 Å². The first-order chi connectivity index (χ1) is 13.4. The van der Waals surface area contributed by atoms with Crippen LogP contribution in [0.25, 0.3) is 0 Å². The lowest BCUT2D eigenvalue weighted by Gasteiger charge is -2.38. The lowest BCUT2D eigenvalue weighted by molar-refractivity contribution is -0.142. The second-order valence-corrected chi connectivity index (χ2v) is 8.05. The average molecular weight is 406 g/mol. The van der Waals surface area contributed by atoms with Gasteiger partial charge in [0.05, 0.1) is 0 Å². The van der Waals surface area contributed by atoms with Gasteiger partial charge in [0.1, 0.15) is 23.1 Å². The molecular formula is C21H30N2O6. The molecule has 0 saturated heterocycles. The Labute approximate surface area is 170 Å². The van der Waals surface area contributed by atoms with E-state index in [-0.39, 0.29) is 19.3 Å². The maximum Gasteiger partial charge on any atom is 0.326 e. The number of carboxylic acid groups (broad SMARTS) is 1. The number of aliphatic carboxylic acids is 1. The van der Waals surface area contributed by atoms with Crippen molar-refractivity contribution in [1.29, 1.82) is 0 Å². The van der Waals surface area contributed by atoms with Gasteiger partial charge in [0, 0.05) is 18.4 Å². The van der Waals surface area contributed by atoms with E-state index in [1.165, 1.54) is 0 Å². The topological polar surface area (TPSA) is 139 Å². The van der Waals surface area contributed by atoms with Crippen molar-refractivity contribution in [2.75, 3.05) is 0 Å². The normalized spacial score (nSPS) is 19.0. The van der Waals surface area contributed by atoms with Crippen molar-refractivity contribution >= 4 is 17.8 Å². The number of benzene rings is 1. The number of hydrogen-bond acceptors (Lipinski definition) is 5. The monoisotopic (exact) mass is 406 g/mol. The number of amides is 2. The van der Waals surface area contributed by atoms with E-state index < -0.39 is 29.4 Å². The van der Waals surface area contributed by atoms with Gasteiger partial charge in [-0.1, -0.05) is 0 Å². The van der Waals surface area contributed by atoms with Gasteiger partial charge in [0.2, 0.25) is 11.8 Å². The highest BCUT2D eigenvalue weighted by molar-refractivity contribution is 5.84. The van der Waals surface area contributed by atoms with Crippen LogP contribution in [-0.2, 0) is 20.8 Å². The minimum absolute atomic E-state index is 0.0429. The molecule has 1 aliphatic heterocycles. The van der Waals surface area contributed by atoms with E-state index in [1.54, 1.807) is 0 Å². The van der Waals surface area contributed by atoms with Crippen LogP contribution in [0.4, 0.5) is 0 Å². The number of nitrogens with one attached hydrogen (secondary N) is 1. The summed E-state index contributed by atoms with van der Waals surface area (Å²) in [7, 11) is 0. The molecule has 0 aromatic heterocycles. The molecule has 1 heterocycles. The second-order valence-electron chi connectivity index (χ2n) is 8.05. The van der Waals surface area contributed by atoms with Crippen LogP contribution >= 0.6 is 0 Å². The van der Waals surface area contributed by atoms with Crippen LogP contribution in [0.3, 0.4) is 0 Å². The number of rotatable bonds is 8. The Hall–Kier alpha value is -2.77. The molecule has 8 nitrogen and oxygen atoms in total. The predicted molar refractivity (Wildman–Crippen MR) is 107 cm³/mol. The highest BCUT2D eigenvalue weighted by Gasteiger charge is 2.35. The third-order valence-electron chi connectivity index (χ3n) is 5.79. The van der Waals surface area contributed by atoms with Crippen LogP contribution in [0.15, 0.2) is 0 Å². The van der Waals surface area contributed by atoms with E-state index in [0.717, 1.165) is 34.4 Å². The first-order valence-electron chi connectivity index (χ1n) is 9.76. The Bertz CT molecular complexity index is 835. The molecule has 2 rings (SSSR count). The summed E-state index contributed by atoms with van der Waals surface area (Å²) in [5, 5.41) is 21.9. The number of hydrogen-bond donors (Lipinski definition) is 4. The summed E-state index contributed by atoms with van der Waals surface area (Å²) in [6, 6.07) is -1.15. The molecule has 8 heteroatoms. The summed E-state index contributed by atoms with van der Waals surface area (Å²) >= 11 is 0. The van der Waals surface area contributed by atoms with Crippen LogP contribution in [0.5, 0.6) is 11.5 Å². The molecule has 2 amide bonds. The Morgan fingerprint density at radius 1 is 1.17 bits per heavy atom. The van der Waals surface area contributed by atoms with Crippen LogP contribution in [0, 0.1) is 20.8 Å². The fraction of sp³-hybridized carbons (Fsp3) is 0.571. The minimum Gasteiger partial charge on any atom is -0.507 e. The van der Waals surface area contributed by atoms with Crippen LogP contribution in [0.2, 0.25) is 0 Å². The van der Waals surface area contributed by atoms with Crippen LogP contribution < -0.4 is 15.8 Å². The van der Waals surface area contributed by atoms with Crippen molar-refractivity contribution in [3.8, 4) is 11.5 Å². The van der Waals surface area contributed by atoms with E-state index in [9.17, 15) is 24.6 Å². The third kappa shape index (κ3) is 5.19. The second kappa shape index (κ2) is 8.71. The number of carboxylic acids is 1.